The third-order valence-electron chi connectivity index (χ3n) is 3.95. The number of pyridine rings is 1. The molecule has 3 rings (SSSR count). The summed E-state index contributed by atoms with van der Waals surface area (Å²) >= 11 is 5.99. The molecule has 0 atom stereocenters. The highest BCUT2D eigenvalue weighted by atomic mass is 35.5. The van der Waals surface area contributed by atoms with Crippen LogP contribution in [-0.2, 0) is 6.42 Å². The molecule has 1 heterocycles. The van der Waals surface area contributed by atoms with Gasteiger partial charge in [0.15, 0.2) is 0 Å². The highest BCUT2D eigenvalue weighted by Crippen LogP contribution is 2.19. The monoisotopic (exact) mass is 381 g/mol. The number of carbonyl (C=O) groups is 1. The van der Waals surface area contributed by atoms with Crippen LogP contribution in [0, 0.1) is 0 Å². The van der Waals surface area contributed by atoms with Gasteiger partial charge in [-0.2, -0.15) is 0 Å². The number of benzene rings is 2. The molecule has 0 spiro atoms. The fraction of sp³-hybridized carbons (Fsp3) is 0.143. The van der Waals surface area contributed by atoms with Crippen molar-refractivity contribution in [3.05, 3.63) is 83.0 Å². The van der Waals surface area contributed by atoms with E-state index in [9.17, 15) is 4.79 Å². The predicted molar refractivity (Wildman–Crippen MR) is 108 cm³/mol. The zero-order valence-electron chi connectivity index (χ0n) is 14.9. The first-order chi connectivity index (χ1) is 13.1. The molecule has 3 aromatic rings. The van der Waals surface area contributed by atoms with Gasteiger partial charge in [0.2, 0.25) is 0 Å². The lowest BCUT2D eigenvalue weighted by Gasteiger charge is -2.09. The molecule has 2 aromatic carbocycles. The number of methoxy groups -OCH3 is 1. The second-order valence-corrected chi connectivity index (χ2v) is 6.36. The van der Waals surface area contributed by atoms with Crippen molar-refractivity contribution in [2.45, 2.75) is 6.42 Å². The van der Waals surface area contributed by atoms with Gasteiger partial charge in [0.05, 0.1) is 7.11 Å². The highest BCUT2D eigenvalue weighted by Gasteiger charge is 2.07. The van der Waals surface area contributed by atoms with Crippen LogP contribution in [0.1, 0.15) is 15.9 Å². The number of amides is 1. The second kappa shape index (κ2) is 9.05. The molecule has 0 saturated heterocycles. The summed E-state index contributed by atoms with van der Waals surface area (Å²) in [6.07, 6.45) is 2.32. The number of rotatable bonds is 7. The van der Waals surface area contributed by atoms with Gasteiger partial charge in [-0.05, 0) is 54.4 Å². The van der Waals surface area contributed by atoms with Gasteiger partial charge in [0.25, 0.3) is 5.91 Å². The zero-order chi connectivity index (χ0) is 19.1. The maximum absolute atomic E-state index is 12.4. The molecule has 0 unspecified atom stereocenters. The van der Waals surface area contributed by atoms with E-state index in [4.69, 9.17) is 16.3 Å². The van der Waals surface area contributed by atoms with E-state index in [1.165, 1.54) is 0 Å². The molecule has 1 amide bonds. The van der Waals surface area contributed by atoms with Gasteiger partial charge in [-0.25, -0.2) is 4.98 Å². The van der Waals surface area contributed by atoms with E-state index in [1.807, 2.05) is 36.4 Å². The average molecular weight is 382 g/mol. The number of nitrogens with one attached hydrogen (secondary N) is 2. The van der Waals surface area contributed by atoms with E-state index in [2.05, 4.69) is 15.6 Å². The second-order valence-electron chi connectivity index (χ2n) is 5.92. The van der Waals surface area contributed by atoms with Gasteiger partial charge in [-0.3, -0.25) is 4.79 Å². The summed E-state index contributed by atoms with van der Waals surface area (Å²) < 4.78 is 5.21. The predicted octanol–water partition coefficient (Wildman–Crippen LogP) is 4.46. The topological polar surface area (TPSA) is 63.2 Å². The van der Waals surface area contributed by atoms with E-state index in [0.717, 1.165) is 23.4 Å². The number of carbonyl (C=O) groups excluding carboxylic acids is 1. The van der Waals surface area contributed by atoms with Gasteiger partial charge in [0.1, 0.15) is 11.6 Å². The van der Waals surface area contributed by atoms with Crippen LogP contribution in [0.4, 0.5) is 11.5 Å². The Kier molecular flexibility index (Phi) is 6.28. The Morgan fingerprint density at radius 3 is 2.78 bits per heavy atom. The lowest BCUT2D eigenvalue weighted by atomic mass is 10.1. The van der Waals surface area contributed by atoms with E-state index < -0.39 is 0 Å². The number of hydrogen-bond donors (Lipinski definition) is 2. The van der Waals surface area contributed by atoms with Crippen molar-refractivity contribution < 1.29 is 9.53 Å². The molecule has 1 aromatic heterocycles. The number of nitrogens with zero attached hydrogens (tertiary/aromatic N) is 1. The number of anilines is 2. The molecule has 0 aliphatic rings. The Morgan fingerprint density at radius 1 is 1.11 bits per heavy atom. The Morgan fingerprint density at radius 2 is 1.96 bits per heavy atom. The van der Waals surface area contributed by atoms with Crippen LogP contribution in [0.15, 0.2) is 66.9 Å². The lowest BCUT2D eigenvalue weighted by molar-refractivity contribution is 0.0954. The summed E-state index contributed by atoms with van der Waals surface area (Å²) in [6, 6.07) is 18.5. The molecule has 0 aliphatic carbocycles. The molecule has 2 N–H and O–H groups in total. The van der Waals surface area contributed by atoms with Crippen LogP contribution in [-0.4, -0.2) is 24.5 Å². The molecule has 0 aliphatic heterocycles. The minimum absolute atomic E-state index is 0.144. The zero-order valence-corrected chi connectivity index (χ0v) is 15.7. The first kappa shape index (κ1) is 18.7. The fourth-order valence-corrected chi connectivity index (χ4v) is 2.79. The van der Waals surface area contributed by atoms with Crippen LogP contribution >= 0.6 is 11.6 Å². The molecule has 0 radical (unpaired) electrons. The third-order valence-corrected chi connectivity index (χ3v) is 4.19. The van der Waals surface area contributed by atoms with Crippen LogP contribution in [0.2, 0.25) is 5.02 Å². The smallest absolute Gasteiger partial charge is 0.251 e. The van der Waals surface area contributed by atoms with Crippen LogP contribution < -0.4 is 15.4 Å². The minimum atomic E-state index is -0.144. The molecule has 5 nitrogen and oxygen atoms in total. The molecular weight excluding hydrogens is 362 g/mol. The summed E-state index contributed by atoms with van der Waals surface area (Å²) in [5.41, 5.74) is 2.46. The molecule has 27 heavy (non-hydrogen) atoms. The van der Waals surface area contributed by atoms with Crippen molar-refractivity contribution in [2.75, 3.05) is 19.0 Å². The van der Waals surface area contributed by atoms with Crippen molar-refractivity contribution in [1.82, 2.24) is 10.3 Å². The van der Waals surface area contributed by atoms with Gasteiger partial charge in [-0.1, -0.05) is 29.8 Å². The normalized spacial score (nSPS) is 10.3. The first-order valence-electron chi connectivity index (χ1n) is 8.54. The van der Waals surface area contributed by atoms with Gasteiger partial charge < -0.3 is 15.4 Å². The number of hydrogen-bond acceptors (Lipinski definition) is 4. The largest absolute Gasteiger partial charge is 0.497 e. The minimum Gasteiger partial charge on any atom is -0.497 e. The summed E-state index contributed by atoms with van der Waals surface area (Å²) in [6.45, 7) is 0.533. The van der Waals surface area contributed by atoms with Crippen molar-refractivity contribution in [1.29, 1.82) is 0 Å². The van der Waals surface area contributed by atoms with Crippen molar-refractivity contribution >= 4 is 29.0 Å². The summed E-state index contributed by atoms with van der Waals surface area (Å²) in [5.74, 6) is 1.25. The molecule has 6 heteroatoms. The van der Waals surface area contributed by atoms with E-state index in [-0.39, 0.29) is 5.91 Å². The van der Waals surface area contributed by atoms with Gasteiger partial charge >= 0.3 is 0 Å². The van der Waals surface area contributed by atoms with Crippen molar-refractivity contribution in [3.8, 4) is 5.75 Å². The summed E-state index contributed by atoms with van der Waals surface area (Å²) in [4.78, 5) is 16.6. The maximum atomic E-state index is 12.4. The van der Waals surface area contributed by atoms with Crippen molar-refractivity contribution in [3.63, 3.8) is 0 Å². The number of halogens is 1. The van der Waals surface area contributed by atoms with Crippen LogP contribution in [0.25, 0.3) is 0 Å². The molecule has 0 bridgehead atoms. The average Bonchev–Trinajstić information content (AvgIpc) is 2.68. The van der Waals surface area contributed by atoms with Crippen LogP contribution in [0.5, 0.6) is 5.75 Å². The third kappa shape index (κ3) is 5.46. The maximum Gasteiger partial charge on any atom is 0.251 e. The quantitative estimate of drug-likeness (QED) is 0.634. The fourth-order valence-electron chi connectivity index (χ4n) is 2.60. The van der Waals surface area contributed by atoms with E-state index in [0.29, 0.717) is 22.9 Å². The summed E-state index contributed by atoms with van der Waals surface area (Å²) in [5, 5.41) is 6.70. The first-order valence-corrected chi connectivity index (χ1v) is 8.91. The molecule has 0 saturated carbocycles. The molecule has 0 fully saturated rings. The number of ether oxygens (including phenoxy) is 1. The van der Waals surface area contributed by atoms with Gasteiger partial charge in [-0.15, -0.1) is 0 Å². The number of aromatic nitrogens is 1. The van der Waals surface area contributed by atoms with E-state index in [1.54, 1.807) is 37.6 Å². The lowest BCUT2D eigenvalue weighted by Crippen LogP contribution is -2.25. The molecular formula is C21H20ClN3O2. The standard InChI is InChI=1S/C21H20ClN3O2/c1-27-19-7-2-4-15(12-19)8-10-24-21(26)16-9-11-23-20(13-16)25-18-6-3-5-17(22)14-18/h2-7,9,11-14H,8,10H2,1H3,(H,23,25)(H,24,26). The van der Waals surface area contributed by atoms with Crippen molar-refractivity contribution in [2.24, 2.45) is 0 Å². The van der Waals surface area contributed by atoms with Crippen LogP contribution in [0.3, 0.4) is 0 Å². The highest BCUT2D eigenvalue weighted by molar-refractivity contribution is 6.30. The summed E-state index contributed by atoms with van der Waals surface area (Å²) in [7, 11) is 1.64. The Hall–Kier alpha value is -3.05. The van der Waals surface area contributed by atoms with E-state index >= 15 is 0 Å². The Balaban J connectivity index is 1.58. The SMILES string of the molecule is COc1cccc(CCNC(=O)c2ccnc(Nc3cccc(Cl)c3)c2)c1. The Bertz CT molecular complexity index is 931. The molecule has 138 valence electrons. The van der Waals surface area contributed by atoms with Gasteiger partial charge in [0, 0.05) is 29.0 Å². The Labute approximate surface area is 163 Å².